The molecule has 1 saturated heterocycles. The van der Waals surface area contributed by atoms with Crippen molar-refractivity contribution in [1.29, 1.82) is 0 Å². The summed E-state index contributed by atoms with van der Waals surface area (Å²) < 4.78 is 0. The summed E-state index contributed by atoms with van der Waals surface area (Å²) in [6.07, 6.45) is 12.2. The first-order chi connectivity index (χ1) is 18.5. The van der Waals surface area contributed by atoms with E-state index in [2.05, 4.69) is 16.7 Å². The van der Waals surface area contributed by atoms with Gasteiger partial charge in [-0.1, -0.05) is 18.9 Å². The van der Waals surface area contributed by atoms with Crippen LogP contribution in [0.2, 0.25) is 0 Å². The number of rotatable bonds is 10. The Balaban J connectivity index is 0.905. The van der Waals surface area contributed by atoms with E-state index in [0.29, 0.717) is 31.0 Å². The molecule has 1 aromatic carbocycles. The Labute approximate surface area is 229 Å². The normalized spacial score (nSPS) is 31.5. The van der Waals surface area contributed by atoms with Crippen molar-refractivity contribution >= 4 is 35.4 Å². The number of nitrogens with one attached hydrogen (secondary N) is 2. The van der Waals surface area contributed by atoms with E-state index in [9.17, 15) is 19.2 Å². The zero-order valence-corrected chi connectivity index (χ0v) is 22.9. The average molecular weight is 538 g/mol. The number of thioether (sulfide) groups is 1. The van der Waals surface area contributed by atoms with Crippen molar-refractivity contribution in [3.63, 3.8) is 0 Å². The number of fused-ring (bicyclic) bond motifs is 1. The molecule has 204 valence electrons. The Morgan fingerprint density at radius 2 is 1.71 bits per heavy atom. The highest BCUT2D eigenvalue weighted by atomic mass is 32.2. The van der Waals surface area contributed by atoms with Crippen LogP contribution in [0.1, 0.15) is 93.0 Å². The number of imide groups is 1. The van der Waals surface area contributed by atoms with Crippen LogP contribution in [0.15, 0.2) is 23.1 Å². The van der Waals surface area contributed by atoms with Gasteiger partial charge in [-0.2, -0.15) is 0 Å². The lowest BCUT2D eigenvalue weighted by Crippen LogP contribution is -2.55. The Kier molecular flexibility index (Phi) is 7.52. The summed E-state index contributed by atoms with van der Waals surface area (Å²) in [6.45, 7) is 0.419. The topological polar surface area (TPSA) is 95.6 Å². The fraction of sp³-hybridized carbons (Fsp3) is 0.667. The number of carbonyl (C=O) groups is 4. The number of benzene rings is 1. The molecule has 1 atom stereocenters. The van der Waals surface area contributed by atoms with E-state index in [1.54, 1.807) is 16.7 Å². The molecule has 4 saturated carbocycles. The smallest absolute Gasteiger partial charge is 0.255 e. The van der Waals surface area contributed by atoms with Gasteiger partial charge in [0.15, 0.2) is 0 Å². The highest BCUT2D eigenvalue weighted by Crippen LogP contribution is 2.53. The number of hydrogen-bond donors (Lipinski definition) is 2. The quantitative estimate of drug-likeness (QED) is 0.262. The Hall–Kier alpha value is -2.35. The summed E-state index contributed by atoms with van der Waals surface area (Å²) in [7, 11) is 0. The SMILES string of the molecule is O=C1CCC(N2Cc3c(SCCCCCCC(=O)NC4C5CC6CC(C5)CC4C6)cccc3C2=O)C(=O)N1. The molecular weight excluding hydrogens is 498 g/mol. The Morgan fingerprint density at radius 1 is 0.974 bits per heavy atom. The maximum absolute atomic E-state index is 13.0. The first kappa shape index (κ1) is 25.9. The molecule has 0 radical (unpaired) electrons. The highest BCUT2D eigenvalue weighted by molar-refractivity contribution is 7.99. The predicted octanol–water partition coefficient (Wildman–Crippen LogP) is 4.43. The zero-order valence-electron chi connectivity index (χ0n) is 22.1. The van der Waals surface area contributed by atoms with Crippen molar-refractivity contribution in [2.45, 2.75) is 101 Å². The van der Waals surface area contributed by atoms with Crippen LogP contribution in [0.25, 0.3) is 0 Å². The van der Waals surface area contributed by atoms with Crippen LogP contribution in [-0.2, 0) is 20.9 Å². The molecule has 8 heteroatoms. The third-order valence-corrected chi connectivity index (χ3v) is 10.8. The average Bonchev–Trinajstić information content (AvgIpc) is 3.22. The molecule has 0 spiro atoms. The van der Waals surface area contributed by atoms with Gasteiger partial charge in [-0.05, 0) is 98.5 Å². The van der Waals surface area contributed by atoms with Gasteiger partial charge in [-0.15, -0.1) is 11.8 Å². The lowest BCUT2D eigenvalue weighted by Gasteiger charge is -2.54. The van der Waals surface area contributed by atoms with Gasteiger partial charge in [-0.3, -0.25) is 24.5 Å². The summed E-state index contributed by atoms with van der Waals surface area (Å²) in [4.78, 5) is 52.2. The second kappa shape index (κ2) is 11.0. The molecule has 6 aliphatic rings. The van der Waals surface area contributed by atoms with Crippen molar-refractivity contribution in [1.82, 2.24) is 15.5 Å². The second-order valence-electron chi connectivity index (χ2n) is 12.2. The second-order valence-corrected chi connectivity index (χ2v) is 13.4. The van der Waals surface area contributed by atoms with Gasteiger partial charge in [0, 0.05) is 35.9 Å². The van der Waals surface area contributed by atoms with E-state index >= 15 is 0 Å². The minimum atomic E-state index is -0.578. The van der Waals surface area contributed by atoms with E-state index in [0.717, 1.165) is 65.6 Å². The van der Waals surface area contributed by atoms with Crippen molar-refractivity contribution in [2.75, 3.05) is 5.75 Å². The Bertz CT molecular complexity index is 1090. The van der Waals surface area contributed by atoms with Crippen LogP contribution in [0.4, 0.5) is 0 Å². The molecule has 4 bridgehead atoms. The maximum Gasteiger partial charge on any atom is 0.255 e. The lowest BCUT2D eigenvalue weighted by atomic mass is 9.54. The molecule has 38 heavy (non-hydrogen) atoms. The maximum atomic E-state index is 13.0. The van der Waals surface area contributed by atoms with Gasteiger partial charge in [0.25, 0.3) is 5.91 Å². The predicted molar refractivity (Wildman–Crippen MR) is 145 cm³/mol. The Morgan fingerprint density at radius 3 is 2.45 bits per heavy atom. The van der Waals surface area contributed by atoms with Gasteiger partial charge in [0.2, 0.25) is 17.7 Å². The van der Waals surface area contributed by atoms with Crippen molar-refractivity contribution < 1.29 is 19.2 Å². The van der Waals surface area contributed by atoms with E-state index in [4.69, 9.17) is 0 Å². The number of carbonyl (C=O) groups excluding carboxylic acids is 4. The number of unbranched alkanes of at least 4 members (excludes halogenated alkanes) is 3. The molecule has 7 rings (SSSR count). The number of amides is 4. The molecule has 5 fully saturated rings. The van der Waals surface area contributed by atoms with Gasteiger partial charge in [-0.25, -0.2) is 0 Å². The minimum Gasteiger partial charge on any atom is -0.353 e. The number of piperidine rings is 1. The van der Waals surface area contributed by atoms with E-state index in [1.165, 1.54) is 32.1 Å². The summed E-state index contributed by atoms with van der Waals surface area (Å²) in [5.74, 6) is 3.79. The molecule has 2 N–H and O–H groups in total. The molecule has 2 heterocycles. The van der Waals surface area contributed by atoms with Crippen molar-refractivity contribution in [3.05, 3.63) is 29.3 Å². The van der Waals surface area contributed by atoms with Gasteiger partial charge >= 0.3 is 0 Å². The molecule has 7 nitrogen and oxygen atoms in total. The largest absolute Gasteiger partial charge is 0.353 e. The van der Waals surface area contributed by atoms with Gasteiger partial charge < -0.3 is 10.2 Å². The first-order valence-electron chi connectivity index (χ1n) is 14.6. The summed E-state index contributed by atoms with van der Waals surface area (Å²) in [6, 6.07) is 5.67. The fourth-order valence-electron chi connectivity index (χ4n) is 8.03. The fourth-order valence-corrected chi connectivity index (χ4v) is 9.13. The summed E-state index contributed by atoms with van der Waals surface area (Å²) in [5.41, 5.74) is 1.67. The van der Waals surface area contributed by atoms with Gasteiger partial charge in [0.1, 0.15) is 6.04 Å². The van der Waals surface area contributed by atoms with Crippen LogP contribution >= 0.6 is 11.8 Å². The van der Waals surface area contributed by atoms with E-state index < -0.39 is 6.04 Å². The minimum absolute atomic E-state index is 0.121. The molecule has 0 aromatic heterocycles. The monoisotopic (exact) mass is 537 g/mol. The van der Waals surface area contributed by atoms with Gasteiger partial charge in [0.05, 0.1) is 0 Å². The molecule has 4 amide bonds. The molecule has 4 aliphatic carbocycles. The van der Waals surface area contributed by atoms with Crippen LogP contribution in [-0.4, -0.2) is 46.4 Å². The molecular formula is C30H39N3O4S. The highest BCUT2D eigenvalue weighted by Gasteiger charge is 2.48. The van der Waals surface area contributed by atoms with Crippen LogP contribution in [0.3, 0.4) is 0 Å². The molecule has 1 aromatic rings. The molecule has 1 unspecified atom stereocenters. The third-order valence-electron chi connectivity index (χ3n) is 9.65. The van der Waals surface area contributed by atoms with E-state index in [-0.39, 0.29) is 30.0 Å². The lowest BCUT2D eigenvalue weighted by molar-refractivity contribution is -0.137. The third kappa shape index (κ3) is 5.25. The number of nitrogens with zero attached hydrogens (tertiary/aromatic N) is 1. The summed E-state index contributed by atoms with van der Waals surface area (Å²) in [5, 5.41) is 5.79. The molecule has 2 aliphatic heterocycles. The van der Waals surface area contributed by atoms with Crippen LogP contribution < -0.4 is 10.6 Å². The van der Waals surface area contributed by atoms with Crippen LogP contribution in [0.5, 0.6) is 0 Å². The standard InChI is InChI=1S/C30H39N3O4S/c34-26(31-28-20-13-18-12-19(15-20)16-21(28)14-18)8-3-1-2-4-11-38-25-7-5-6-22-23(25)17-33(30(22)37)24-9-10-27(35)32-29(24)36/h5-7,18-21,24,28H,1-4,8-17H2,(H,31,34)(H,32,35,36). The number of hydrogen-bond acceptors (Lipinski definition) is 5. The van der Waals surface area contributed by atoms with Crippen molar-refractivity contribution in [2.24, 2.45) is 23.7 Å². The zero-order chi connectivity index (χ0) is 26.2. The first-order valence-corrected chi connectivity index (χ1v) is 15.6. The van der Waals surface area contributed by atoms with E-state index in [1.807, 2.05) is 12.1 Å². The van der Waals surface area contributed by atoms with Crippen molar-refractivity contribution in [3.8, 4) is 0 Å². The summed E-state index contributed by atoms with van der Waals surface area (Å²) >= 11 is 1.77. The van der Waals surface area contributed by atoms with Crippen LogP contribution in [0, 0.1) is 23.7 Å².